The number of rotatable bonds is 5. The fourth-order valence-corrected chi connectivity index (χ4v) is 3.94. The Labute approximate surface area is 145 Å². The maximum Gasteiger partial charge on any atom is 0.161 e. The molecule has 1 aliphatic heterocycles. The van der Waals surface area contributed by atoms with Crippen LogP contribution in [0, 0.1) is 5.92 Å². The molecule has 0 unspecified atom stereocenters. The number of hydrogen-bond donors (Lipinski definition) is 0. The van der Waals surface area contributed by atoms with Crippen molar-refractivity contribution >= 4 is 0 Å². The lowest BCUT2D eigenvalue weighted by Gasteiger charge is -2.39. The summed E-state index contributed by atoms with van der Waals surface area (Å²) >= 11 is 0. The number of likely N-dealkylation sites (N-methyl/N-ethyl adjacent to an activating group) is 1. The maximum atomic E-state index is 5.54. The molecular weight excluding hydrogens is 298 g/mol. The van der Waals surface area contributed by atoms with Crippen molar-refractivity contribution < 1.29 is 9.47 Å². The Morgan fingerprint density at radius 1 is 1.08 bits per heavy atom. The van der Waals surface area contributed by atoms with E-state index in [1.54, 1.807) is 14.2 Å². The Kier molecular flexibility index (Phi) is 5.10. The van der Waals surface area contributed by atoms with E-state index in [-0.39, 0.29) is 0 Å². The van der Waals surface area contributed by atoms with Gasteiger partial charge in [-0.05, 0) is 54.6 Å². The third-order valence-electron chi connectivity index (χ3n) is 5.11. The molecule has 128 valence electrons. The number of nitrogens with zero attached hydrogens (tertiary/aromatic N) is 1. The van der Waals surface area contributed by atoms with Crippen LogP contribution < -0.4 is 9.47 Å². The van der Waals surface area contributed by atoms with Gasteiger partial charge in [-0.25, -0.2) is 0 Å². The minimum Gasteiger partial charge on any atom is -0.493 e. The monoisotopic (exact) mass is 325 g/mol. The molecule has 1 heterocycles. The topological polar surface area (TPSA) is 21.7 Å². The van der Waals surface area contributed by atoms with Gasteiger partial charge in [0.05, 0.1) is 14.2 Å². The summed E-state index contributed by atoms with van der Waals surface area (Å²) in [6.07, 6.45) is 2.13. The third kappa shape index (κ3) is 3.27. The molecule has 0 fully saturated rings. The average Bonchev–Trinajstić information content (AvgIpc) is 2.61. The molecule has 0 bridgehead atoms. The molecule has 3 nitrogen and oxygen atoms in total. The van der Waals surface area contributed by atoms with Crippen molar-refractivity contribution in [1.82, 2.24) is 4.90 Å². The Balaban J connectivity index is 1.94. The Morgan fingerprint density at radius 2 is 1.75 bits per heavy atom. The Morgan fingerprint density at radius 3 is 2.42 bits per heavy atom. The molecule has 2 aromatic rings. The Hall–Kier alpha value is -2.00. The van der Waals surface area contributed by atoms with Gasteiger partial charge in [0.1, 0.15) is 0 Å². The van der Waals surface area contributed by atoms with Crippen molar-refractivity contribution in [3.63, 3.8) is 0 Å². The van der Waals surface area contributed by atoms with E-state index in [0.717, 1.165) is 30.9 Å². The quantitative estimate of drug-likeness (QED) is 0.826. The number of hydrogen-bond acceptors (Lipinski definition) is 3. The summed E-state index contributed by atoms with van der Waals surface area (Å²) in [7, 11) is 5.64. The first-order valence-electron chi connectivity index (χ1n) is 8.63. The lowest BCUT2D eigenvalue weighted by Crippen LogP contribution is -2.36. The van der Waals surface area contributed by atoms with Gasteiger partial charge < -0.3 is 9.47 Å². The second-order valence-electron chi connectivity index (χ2n) is 6.75. The predicted octanol–water partition coefficient (Wildman–Crippen LogP) is 4.11. The number of methoxy groups -OCH3 is 2. The van der Waals surface area contributed by atoms with Gasteiger partial charge in [0.15, 0.2) is 11.5 Å². The van der Waals surface area contributed by atoms with E-state index in [2.05, 4.69) is 61.3 Å². The van der Waals surface area contributed by atoms with Crippen molar-refractivity contribution in [2.24, 2.45) is 5.92 Å². The van der Waals surface area contributed by atoms with Crippen LogP contribution in [0.25, 0.3) is 0 Å². The van der Waals surface area contributed by atoms with Crippen LogP contribution in [0.2, 0.25) is 0 Å². The summed E-state index contributed by atoms with van der Waals surface area (Å²) < 4.78 is 11.0. The van der Waals surface area contributed by atoms with Gasteiger partial charge in [0.2, 0.25) is 0 Å². The summed E-state index contributed by atoms with van der Waals surface area (Å²) in [6.45, 7) is 3.42. The van der Waals surface area contributed by atoms with Crippen molar-refractivity contribution in [3.8, 4) is 11.5 Å². The highest BCUT2D eigenvalue weighted by atomic mass is 16.5. The van der Waals surface area contributed by atoms with Gasteiger partial charge in [-0.1, -0.05) is 37.3 Å². The molecule has 3 heteroatoms. The number of ether oxygens (including phenoxy) is 2. The molecule has 1 aliphatic rings. The highest BCUT2D eigenvalue weighted by Crippen LogP contribution is 2.41. The molecule has 0 spiro atoms. The van der Waals surface area contributed by atoms with Crippen molar-refractivity contribution in [2.45, 2.75) is 25.8 Å². The summed E-state index contributed by atoms with van der Waals surface area (Å²) in [6, 6.07) is 15.5. The van der Waals surface area contributed by atoms with E-state index < -0.39 is 0 Å². The molecule has 2 atom stereocenters. The average molecular weight is 325 g/mol. The first-order valence-corrected chi connectivity index (χ1v) is 8.63. The van der Waals surface area contributed by atoms with Gasteiger partial charge in [0, 0.05) is 12.6 Å². The molecule has 0 aliphatic carbocycles. The molecular formula is C21H27NO2. The molecule has 0 N–H and O–H groups in total. The van der Waals surface area contributed by atoms with Crippen LogP contribution in [0.1, 0.15) is 29.7 Å². The van der Waals surface area contributed by atoms with Crippen LogP contribution in [0.4, 0.5) is 0 Å². The van der Waals surface area contributed by atoms with Crippen molar-refractivity contribution in [1.29, 1.82) is 0 Å². The SMILES string of the molecule is COc1cc2c(cc1OC)[C@H]([C@H](C)Cc1ccccc1)N(C)CC2. The zero-order chi connectivity index (χ0) is 17.1. The van der Waals surface area contributed by atoms with E-state index in [0.29, 0.717) is 12.0 Å². The second kappa shape index (κ2) is 7.27. The van der Waals surface area contributed by atoms with Crippen LogP contribution in [-0.2, 0) is 12.8 Å². The molecule has 0 radical (unpaired) electrons. The lowest BCUT2D eigenvalue weighted by molar-refractivity contribution is 0.171. The molecule has 0 aromatic heterocycles. The van der Waals surface area contributed by atoms with Crippen LogP contribution in [0.5, 0.6) is 11.5 Å². The van der Waals surface area contributed by atoms with E-state index in [1.807, 2.05) is 0 Å². The maximum absolute atomic E-state index is 5.54. The largest absolute Gasteiger partial charge is 0.493 e. The summed E-state index contributed by atoms with van der Waals surface area (Å²) in [5, 5.41) is 0. The van der Waals surface area contributed by atoms with Gasteiger partial charge in [0.25, 0.3) is 0 Å². The first-order chi connectivity index (χ1) is 11.6. The number of benzene rings is 2. The molecule has 0 saturated heterocycles. The molecule has 0 saturated carbocycles. The Bertz CT molecular complexity index is 684. The van der Waals surface area contributed by atoms with Crippen LogP contribution in [0.15, 0.2) is 42.5 Å². The van der Waals surface area contributed by atoms with Gasteiger partial charge in [-0.3, -0.25) is 4.90 Å². The zero-order valence-corrected chi connectivity index (χ0v) is 15.1. The van der Waals surface area contributed by atoms with E-state index in [1.165, 1.54) is 16.7 Å². The normalized spacial score (nSPS) is 18.8. The fraction of sp³-hybridized carbons (Fsp3) is 0.429. The molecule has 2 aromatic carbocycles. The highest BCUT2D eigenvalue weighted by Gasteiger charge is 2.30. The van der Waals surface area contributed by atoms with E-state index in [9.17, 15) is 0 Å². The van der Waals surface area contributed by atoms with E-state index in [4.69, 9.17) is 9.47 Å². The van der Waals surface area contributed by atoms with Gasteiger partial charge in [-0.2, -0.15) is 0 Å². The standard InChI is InChI=1S/C21H27NO2/c1-15(12-16-8-6-5-7-9-16)21-18-14-20(24-4)19(23-3)13-17(18)10-11-22(21)2/h5-9,13-15,21H,10-12H2,1-4H3/t15-,21+/m1/s1. The van der Waals surface area contributed by atoms with E-state index >= 15 is 0 Å². The summed E-state index contributed by atoms with van der Waals surface area (Å²) in [4.78, 5) is 2.47. The van der Waals surface area contributed by atoms with Crippen LogP contribution in [-0.4, -0.2) is 32.7 Å². The fourth-order valence-electron chi connectivity index (χ4n) is 3.94. The first kappa shape index (κ1) is 16.8. The zero-order valence-electron chi connectivity index (χ0n) is 15.1. The van der Waals surface area contributed by atoms with Gasteiger partial charge in [-0.15, -0.1) is 0 Å². The lowest BCUT2D eigenvalue weighted by atomic mass is 9.82. The van der Waals surface area contributed by atoms with Crippen molar-refractivity contribution in [2.75, 3.05) is 27.8 Å². The summed E-state index contributed by atoms with van der Waals surface area (Å²) in [5.74, 6) is 2.17. The molecule has 3 rings (SSSR count). The molecule has 24 heavy (non-hydrogen) atoms. The minimum absolute atomic E-state index is 0.397. The molecule has 0 amide bonds. The predicted molar refractivity (Wildman–Crippen MR) is 97.9 cm³/mol. The van der Waals surface area contributed by atoms with Crippen molar-refractivity contribution in [3.05, 3.63) is 59.2 Å². The second-order valence-corrected chi connectivity index (χ2v) is 6.75. The van der Waals surface area contributed by atoms with Crippen LogP contribution in [0.3, 0.4) is 0 Å². The smallest absolute Gasteiger partial charge is 0.161 e. The minimum atomic E-state index is 0.397. The highest BCUT2D eigenvalue weighted by molar-refractivity contribution is 5.49. The van der Waals surface area contributed by atoms with Crippen LogP contribution >= 0.6 is 0 Å². The number of fused-ring (bicyclic) bond motifs is 1. The van der Waals surface area contributed by atoms with Gasteiger partial charge >= 0.3 is 0 Å². The summed E-state index contributed by atoms with van der Waals surface area (Å²) in [5.41, 5.74) is 4.16. The third-order valence-corrected chi connectivity index (χ3v) is 5.11.